The van der Waals surface area contributed by atoms with E-state index in [-0.39, 0.29) is 22.4 Å². The molecule has 0 saturated heterocycles. The van der Waals surface area contributed by atoms with Gasteiger partial charge in [-0.05, 0) is 97.4 Å². The fourth-order valence-corrected chi connectivity index (χ4v) is 7.34. The van der Waals surface area contributed by atoms with Gasteiger partial charge in [0.25, 0.3) is 0 Å². The second-order valence-electron chi connectivity index (χ2n) is 15.0. The molecule has 6 heteroatoms. The van der Waals surface area contributed by atoms with Crippen LogP contribution in [0.5, 0.6) is 0 Å². The average molecular weight is 881 g/mol. The van der Waals surface area contributed by atoms with E-state index in [0.717, 1.165) is 32.9 Å². The SMILES string of the molecule is CC(C)c1cccc(C(C)C)c1N1C=CN(c2c(C(C)C)cccc2C(C)C)[CH-]1.[Au].c1ccc2c(-c3nc4c(ccc5ccccc54)[n-]3)nccc2c1. The van der Waals surface area contributed by atoms with Crippen LogP contribution in [-0.2, 0) is 22.4 Å². The van der Waals surface area contributed by atoms with E-state index in [1.807, 2.05) is 42.6 Å². The minimum atomic E-state index is 0. The molecule has 0 amide bonds. The molecule has 53 heavy (non-hydrogen) atoms. The molecule has 0 bridgehead atoms. The van der Waals surface area contributed by atoms with Gasteiger partial charge in [0.2, 0.25) is 0 Å². The topological polar surface area (TPSA) is 46.4 Å². The number of anilines is 2. The molecule has 3 heterocycles. The summed E-state index contributed by atoms with van der Waals surface area (Å²) in [4.78, 5) is 18.7. The molecule has 0 aliphatic carbocycles. The third-order valence-corrected chi connectivity index (χ3v) is 10.0. The summed E-state index contributed by atoms with van der Waals surface area (Å²) in [6.45, 7) is 20.5. The summed E-state index contributed by atoms with van der Waals surface area (Å²) < 4.78 is 0. The normalized spacial score (nSPS) is 12.8. The molecule has 8 rings (SSSR count). The number of hydrogen-bond acceptors (Lipinski definition) is 4. The minimum Gasteiger partial charge on any atom is -0.479 e. The second kappa shape index (κ2) is 16.1. The molecule has 275 valence electrons. The van der Waals surface area contributed by atoms with Crippen molar-refractivity contribution in [2.24, 2.45) is 0 Å². The van der Waals surface area contributed by atoms with Crippen LogP contribution in [0.25, 0.3) is 44.1 Å². The maximum Gasteiger partial charge on any atom is 0.0698 e. The molecule has 0 unspecified atom stereocenters. The molecule has 5 nitrogen and oxygen atoms in total. The van der Waals surface area contributed by atoms with Crippen LogP contribution in [0.3, 0.4) is 0 Å². The Morgan fingerprint density at radius 1 is 0.528 bits per heavy atom. The summed E-state index contributed by atoms with van der Waals surface area (Å²) in [7, 11) is 0. The molecular weight excluding hydrogens is 832 g/mol. The van der Waals surface area contributed by atoms with Crippen molar-refractivity contribution in [2.75, 3.05) is 9.80 Å². The monoisotopic (exact) mass is 880 g/mol. The van der Waals surface area contributed by atoms with E-state index < -0.39 is 0 Å². The number of para-hydroxylation sites is 2. The van der Waals surface area contributed by atoms with Crippen molar-refractivity contribution in [2.45, 2.75) is 79.1 Å². The summed E-state index contributed by atoms with van der Waals surface area (Å²) in [6.07, 6.45) is 6.25. The fourth-order valence-electron chi connectivity index (χ4n) is 7.34. The summed E-state index contributed by atoms with van der Waals surface area (Å²) >= 11 is 0. The Kier molecular flexibility index (Phi) is 11.6. The van der Waals surface area contributed by atoms with Crippen molar-refractivity contribution < 1.29 is 22.4 Å². The second-order valence-corrected chi connectivity index (χ2v) is 15.0. The van der Waals surface area contributed by atoms with Gasteiger partial charge in [0.15, 0.2) is 0 Å². The molecule has 0 fully saturated rings. The molecule has 0 saturated carbocycles. The van der Waals surface area contributed by atoms with Crippen LogP contribution in [0, 0.1) is 6.67 Å². The molecule has 1 radical (unpaired) electrons. The number of imidazole rings is 1. The number of rotatable bonds is 7. The Hall–Kier alpha value is -4.68. The van der Waals surface area contributed by atoms with Gasteiger partial charge in [-0.1, -0.05) is 152 Å². The third kappa shape index (κ3) is 7.57. The van der Waals surface area contributed by atoms with E-state index in [2.05, 4.69) is 156 Å². The first-order valence-corrected chi connectivity index (χ1v) is 18.6. The van der Waals surface area contributed by atoms with Gasteiger partial charge in [-0.2, -0.15) is 0 Å². The van der Waals surface area contributed by atoms with E-state index in [1.165, 1.54) is 39.0 Å². The maximum atomic E-state index is 4.79. The van der Waals surface area contributed by atoms with Gasteiger partial charge in [0, 0.05) is 45.3 Å². The van der Waals surface area contributed by atoms with Crippen LogP contribution in [0.2, 0.25) is 0 Å². The number of pyridine rings is 1. The van der Waals surface area contributed by atoms with Crippen LogP contribution in [0.4, 0.5) is 11.4 Å². The first-order valence-electron chi connectivity index (χ1n) is 18.6. The molecular formula is C47H49AuN5-2. The fraction of sp³-hybridized carbons (Fsp3) is 0.255. The molecule has 7 aromatic rings. The van der Waals surface area contributed by atoms with Gasteiger partial charge in [0.05, 0.1) is 5.69 Å². The average Bonchev–Trinajstić information content (AvgIpc) is 3.82. The van der Waals surface area contributed by atoms with E-state index in [0.29, 0.717) is 29.5 Å². The summed E-state index contributed by atoms with van der Waals surface area (Å²) in [6, 6.07) is 36.1. The van der Waals surface area contributed by atoms with Gasteiger partial charge >= 0.3 is 0 Å². The van der Waals surface area contributed by atoms with Crippen molar-refractivity contribution in [3.8, 4) is 11.5 Å². The van der Waals surface area contributed by atoms with Crippen LogP contribution >= 0.6 is 0 Å². The van der Waals surface area contributed by atoms with Crippen molar-refractivity contribution >= 4 is 44.0 Å². The predicted octanol–water partition coefficient (Wildman–Crippen LogP) is 12.7. The van der Waals surface area contributed by atoms with Crippen LogP contribution in [0.15, 0.2) is 122 Å². The Morgan fingerprint density at radius 3 is 1.51 bits per heavy atom. The molecule has 1 aliphatic rings. The largest absolute Gasteiger partial charge is 0.479 e. The van der Waals surface area contributed by atoms with Gasteiger partial charge in [-0.15, -0.1) is 6.67 Å². The Labute approximate surface area is 330 Å². The van der Waals surface area contributed by atoms with E-state index in [9.17, 15) is 0 Å². The van der Waals surface area contributed by atoms with Gasteiger partial charge in [-0.25, -0.2) is 0 Å². The number of nitrogens with zero attached hydrogens (tertiary/aromatic N) is 5. The van der Waals surface area contributed by atoms with Crippen molar-refractivity contribution in [1.29, 1.82) is 0 Å². The Bertz CT molecular complexity index is 2260. The number of fused-ring (bicyclic) bond motifs is 4. The standard InChI is InChI=1S/C27H37N2.C20H12N3.Au/c1-18(2)22-11-9-12-23(19(3)4)26(22)28-15-16-29(17-28)27-24(20(5)6)13-10-14-25(27)21(7)8;1-3-7-15-13(5-1)9-10-17-18(15)23-20(22-17)19-16-8-4-2-6-14(16)11-12-21-19;/h9-21H,1-8H3;1-12H;/q2*-1;. The van der Waals surface area contributed by atoms with Crippen LogP contribution in [0.1, 0.15) is 101 Å². The van der Waals surface area contributed by atoms with E-state index in [4.69, 9.17) is 9.97 Å². The quantitative estimate of drug-likeness (QED) is 0.118. The molecule has 0 spiro atoms. The first-order chi connectivity index (χ1) is 25.1. The summed E-state index contributed by atoms with van der Waals surface area (Å²) in [5.41, 5.74) is 11.0. The van der Waals surface area contributed by atoms with Gasteiger partial charge < -0.3 is 19.8 Å². The van der Waals surface area contributed by atoms with Gasteiger partial charge in [0.1, 0.15) is 0 Å². The van der Waals surface area contributed by atoms with Crippen molar-refractivity contribution in [3.63, 3.8) is 0 Å². The minimum absolute atomic E-state index is 0. The Balaban J connectivity index is 0.000000182. The van der Waals surface area contributed by atoms with E-state index >= 15 is 0 Å². The smallest absolute Gasteiger partial charge is 0.0698 e. The zero-order chi connectivity index (χ0) is 36.5. The zero-order valence-corrected chi connectivity index (χ0v) is 34.1. The summed E-state index contributed by atoms with van der Waals surface area (Å²) in [5.74, 6) is 2.61. The van der Waals surface area contributed by atoms with Crippen molar-refractivity contribution in [1.82, 2.24) is 15.0 Å². The van der Waals surface area contributed by atoms with Crippen LogP contribution in [-0.4, -0.2) is 9.97 Å². The predicted molar refractivity (Wildman–Crippen MR) is 221 cm³/mol. The van der Waals surface area contributed by atoms with Crippen molar-refractivity contribution in [3.05, 3.63) is 151 Å². The number of hydrogen-bond donors (Lipinski definition) is 0. The number of benzene rings is 5. The molecule has 1 aliphatic heterocycles. The molecule has 0 atom stereocenters. The van der Waals surface area contributed by atoms with Crippen LogP contribution < -0.4 is 14.8 Å². The molecule has 2 aromatic heterocycles. The maximum absolute atomic E-state index is 4.79. The summed E-state index contributed by atoms with van der Waals surface area (Å²) in [5, 5.41) is 4.53. The van der Waals surface area contributed by atoms with E-state index in [1.54, 1.807) is 0 Å². The third-order valence-electron chi connectivity index (χ3n) is 10.0. The molecule has 0 N–H and O–H groups in total. The first kappa shape index (κ1) is 38.1. The van der Waals surface area contributed by atoms with Gasteiger partial charge in [-0.3, -0.25) is 4.98 Å². The zero-order valence-electron chi connectivity index (χ0n) is 32.0. The molecule has 5 aromatic carbocycles. The number of aromatic nitrogens is 3. The Morgan fingerprint density at radius 2 is 1.00 bits per heavy atom.